The first-order chi connectivity index (χ1) is 6.76. The maximum Gasteiger partial charge on any atom is 0.163 e. The molecule has 0 spiro atoms. The molecule has 0 amide bonds. The van der Waals surface area contributed by atoms with Gasteiger partial charge in [-0.3, -0.25) is 4.79 Å². The summed E-state index contributed by atoms with van der Waals surface area (Å²) in [5.41, 5.74) is 2.80. The van der Waals surface area contributed by atoms with E-state index in [4.69, 9.17) is 16.3 Å². The van der Waals surface area contributed by atoms with Gasteiger partial charge in [-0.25, -0.2) is 0 Å². The molecule has 0 saturated heterocycles. The minimum atomic E-state index is 0.217. The monoisotopic (exact) mass is 210 g/mol. The maximum atomic E-state index is 11.4. The largest absolute Gasteiger partial charge is 0.496 e. The van der Waals surface area contributed by atoms with Crippen LogP contribution in [0.5, 0.6) is 5.75 Å². The normalized spacial score (nSPS) is 14.3. The van der Waals surface area contributed by atoms with Gasteiger partial charge in [0, 0.05) is 17.5 Å². The maximum absolute atomic E-state index is 11.4. The predicted octanol–water partition coefficient (Wildman–Crippen LogP) is 2.56. The third-order valence-corrected chi connectivity index (χ3v) is 2.86. The van der Waals surface area contributed by atoms with E-state index in [1.54, 1.807) is 7.11 Å². The number of rotatable bonds is 2. The fourth-order valence-corrected chi connectivity index (χ4v) is 2.02. The van der Waals surface area contributed by atoms with Crippen LogP contribution in [0.4, 0.5) is 0 Å². The van der Waals surface area contributed by atoms with Crippen LogP contribution in [-0.2, 0) is 12.3 Å². The van der Waals surface area contributed by atoms with E-state index in [1.807, 2.05) is 12.1 Å². The van der Waals surface area contributed by atoms with Gasteiger partial charge in [-0.15, -0.1) is 11.6 Å². The molecule has 3 heteroatoms. The summed E-state index contributed by atoms with van der Waals surface area (Å²) in [7, 11) is 1.62. The van der Waals surface area contributed by atoms with Crippen molar-refractivity contribution in [1.29, 1.82) is 0 Å². The molecular weight excluding hydrogens is 200 g/mol. The Bertz CT molecular complexity index is 385. The van der Waals surface area contributed by atoms with Crippen LogP contribution >= 0.6 is 11.6 Å². The van der Waals surface area contributed by atoms with Crippen LogP contribution in [0.1, 0.15) is 27.9 Å². The van der Waals surface area contributed by atoms with Crippen molar-refractivity contribution in [3.8, 4) is 5.75 Å². The molecule has 0 fully saturated rings. The average Bonchev–Trinajstić information content (AvgIpc) is 2.58. The SMILES string of the molecule is COc1cc2c(cc1CCl)C(=O)CC2. The number of carbonyl (C=O) groups excluding carboxylic acids is 1. The van der Waals surface area contributed by atoms with Crippen molar-refractivity contribution in [2.75, 3.05) is 7.11 Å². The summed E-state index contributed by atoms with van der Waals surface area (Å²) < 4.78 is 5.20. The van der Waals surface area contributed by atoms with E-state index in [0.717, 1.165) is 28.9 Å². The van der Waals surface area contributed by atoms with E-state index in [-0.39, 0.29) is 5.78 Å². The molecule has 0 radical (unpaired) electrons. The first-order valence-electron chi connectivity index (χ1n) is 4.55. The fraction of sp³-hybridized carbons (Fsp3) is 0.364. The standard InChI is InChI=1S/C11H11ClO2/c1-14-11-5-7-2-3-10(13)9(7)4-8(11)6-12/h4-5H,2-3,6H2,1H3. The quantitative estimate of drug-likeness (QED) is 0.702. The van der Waals surface area contributed by atoms with Crippen molar-refractivity contribution >= 4 is 17.4 Å². The van der Waals surface area contributed by atoms with Crippen LogP contribution < -0.4 is 4.74 Å². The lowest BCUT2D eigenvalue weighted by Crippen LogP contribution is -1.96. The van der Waals surface area contributed by atoms with E-state index < -0.39 is 0 Å². The summed E-state index contributed by atoms with van der Waals surface area (Å²) in [5.74, 6) is 1.38. The Kier molecular flexibility index (Phi) is 2.46. The summed E-state index contributed by atoms with van der Waals surface area (Å²) in [4.78, 5) is 11.4. The minimum Gasteiger partial charge on any atom is -0.496 e. The van der Waals surface area contributed by atoms with Crippen molar-refractivity contribution in [3.05, 3.63) is 28.8 Å². The summed E-state index contributed by atoms with van der Waals surface area (Å²) in [6.07, 6.45) is 1.44. The van der Waals surface area contributed by atoms with E-state index in [9.17, 15) is 4.79 Å². The highest BCUT2D eigenvalue weighted by atomic mass is 35.5. The van der Waals surface area contributed by atoms with Crippen molar-refractivity contribution in [3.63, 3.8) is 0 Å². The molecule has 1 aliphatic rings. The number of halogens is 1. The molecule has 2 rings (SSSR count). The molecule has 0 heterocycles. The van der Waals surface area contributed by atoms with Crippen LogP contribution in [0.3, 0.4) is 0 Å². The number of fused-ring (bicyclic) bond motifs is 1. The zero-order chi connectivity index (χ0) is 10.1. The van der Waals surface area contributed by atoms with E-state index in [0.29, 0.717) is 12.3 Å². The molecule has 0 aromatic heterocycles. The van der Waals surface area contributed by atoms with Crippen LogP contribution in [0.15, 0.2) is 12.1 Å². The molecule has 14 heavy (non-hydrogen) atoms. The topological polar surface area (TPSA) is 26.3 Å². The molecular formula is C11H11ClO2. The van der Waals surface area contributed by atoms with Crippen LogP contribution in [0.25, 0.3) is 0 Å². The summed E-state index contributed by atoms with van der Waals surface area (Å²) in [6, 6.07) is 3.79. The molecule has 2 nitrogen and oxygen atoms in total. The fourth-order valence-electron chi connectivity index (χ4n) is 1.81. The van der Waals surface area contributed by atoms with Gasteiger partial charge in [-0.2, -0.15) is 0 Å². The number of ketones is 1. The molecule has 0 unspecified atom stereocenters. The van der Waals surface area contributed by atoms with Gasteiger partial charge in [-0.1, -0.05) is 0 Å². The highest BCUT2D eigenvalue weighted by Gasteiger charge is 2.21. The Balaban J connectivity index is 2.54. The molecule has 74 valence electrons. The van der Waals surface area contributed by atoms with E-state index >= 15 is 0 Å². The number of alkyl halides is 1. The molecule has 0 saturated carbocycles. The Hall–Kier alpha value is -1.02. The Morgan fingerprint density at radius 1 is 1.43 bits per heavy atom. The second-order valence-corrected chi connectivity index (χ2v) is 3.65. The minimum absolute atomic E-state index is 0.217. The lowest BCUT2D eigenvalue weighted by atomic mass is 10.1. The number of hydrogen-bond donors (Lipinski definition) is 0. The van der Waals surface area contributed by atoms with Crippen LogP contribution in [-0.4, -0.2) is 12.9 Å². The first-order valence-corrected chi connectivity index (χ1v) is 5.08. The van der Waals surface area contributed by atoms with Crippen molar-refractivity contribution < 1.29 is 9.53 Å². The highest BCUT2D eigenvalue weighted by Crippen LogP contribution is 2.30. The molecule has 0 aliphatic heterocycles. The van der Waals surface area contributed by atoms with Crippen LogP contribution in [0.2, 0.25) is 0 Å². The average molecular weight is 211 g/mol. The molecule has 1 aromatic rings. The van der Waals surface area contributed by atoms with Gasteiger partial charge in [0.2, 0.25) is 0 Å². The van der Waals surface area contributed by atoms with Crippen molar-refractivity contribution in [1.82, 2.24) is 0 Å². The number of Topliss-reactive ketones (excluding diaryl/α,β-unsaturated/α-hetero) is 1. The molecule has 0 bridgehead atoms. The van der Waals surface area contributed by atoms with Gasteiger partial charge >= 0.3 is 0 Å². The first kappa shape index (κ1) is 9.53. The van der Waals surface area contributed by atoms with Crippen LogP contribution in [0, 0.1) is 0 Å². The predicted molar refractivity (Wildman–Crippen MR) is 55.2 cm³/mol. The van der Waals surface area contributed by atoms with Gasteiger partial charge in [-0.05, 0) is 24.1 Å². The summed E-state index contributed by atoms with van der Waals surface area (Å²) >= 11 is 5.77. The Morgan fingerprint density at radius 3 is 2.86 bits per heavy atom. The third kappa shape index (κ3) is 1.40. The zero-order valence-electron chi connectivity index (χ0n) is 7.97. The second kappa shape index (κ2) is 3.62. The molecule has 1 aromatic carbocycles. The summed E-state index contributed by atoms with van der Waals surface area (Å²) in [5, 5.41) is 0. The van der Waals surface area contributed by atoms with E-state index in [1.165, 1.54) is 0 Å². The lowest BCUT2D eigenvalue weighted by Gasteiger charge is -2.08. The van der Waals surface area contributed by atoms with Crippen molar-refractivity contribution in [2.24, 2.45) is 0 Å². The number of benzene rings is 1. The van der Waals surface area contributed by atoms with E-state index in [2.05, 4.69) is 0 Å². The lowest BCUT2D eigenvalue weighted by molar-refractivity contribution is 0.0994. The van der Waals surface area contributed by atoms with Gasteiger partial charge in [0.1, 0.15) is 5.75 Å². The highest BCUT2D eigenvalue weighted by molar-refractivity contribution is 6.17. The third-order valence-electron chi connectivity index (χ3n) is 2.57. The molecule has 0 atom stereocenters. The Morgan fingerprint density at radius 2 is 2.21 bits per heavy atom. The Labute approximate surface area is 87.8 Å². The number of hydrogen-bond acceptors (Lipinski definition) is 2. The zero-order valence-corrected chi connectivity index (χ0v) is 8.73. The number of methoxy groups -OCH3 is 1. The number of aryl methyl sites for hydroxylation is 1. The smallest absolute Gasteiger partial charge is 0.163 e. The number of ether oxygens (including phenoxy) is 1. The molecule has 0 N–H and O–H groups in total. The second-order valence-electron chi connectivity index (χ2n) is 3.38. The van der Waals surface area contributed by atoms with Gasteiger partial charge in [0.05, 0.1) is 13.0 Å². The number of carbonyl (C=O) groups is 1. The van der Waals surface area contributed by atoms with Gasteiger partial charge in [0.15, 0.2) is 5.78 Å². The summed E-state index contributed by atoms with van der Waals surface area (Å²) in [6.45, 7) is 0. The van der Waals surface area contributed by atoms with Gasteiger partial charge < -0.3 is 4.74 Å². The molecule has 1 aliphatic carbocycles. The van der Waals surface area contributed by atoms with Gasteiger partial charge in [0.25, 0.3) is 0 Å². The van der Waals surface area contributed by atoms with Crippen molar-refractivity contribution in [2.45, 2.75) is 18.7 Å².